The zero-order valence-corrected chi connectivity index (χ0v) is 12.2. The first kappa shape index (κ1) is 15.5. The van der Waals surface area contributed by atoms with Crippen LogP contribution in [0.2, 0.25) is 0 Å². The molecule has 1 heterocycles. The number of pyridine rings is 1. The average Bonchev–Trinajstić information content (AvgIpc) is 2.37. The Bertz CT molecular complexity index is 416. The lowest BCUT2D eigenvalue weighted by molar-refractivity contribution is 0.0934. The Morgan fingerprint density at radius 3 is 2.79 bits per heavy atom. The molecule has 0 aromatic carbocycles. The van der Waals surface area contributed by atoms with Crippen molar-refractivity contribution in [2.75, 3.05) is 12.3 Å². The van der Waals surface area contributed by atoms with Crippen LogP contribution in [-0.2, 0) is 0 Å². The Morgan fingerprint density at radius 1 is 1.42 bits per heavy atom. The van der Waals surface area contributed by atoms with Crippen LogP contribution in [0.1, 0.15) is 56.8 Å². The molecule has 1 rings (SSSR count). The molecule has 0 aliphatic heterocycles. The number of aromatic nitrogens is 1. The van der Waals surface area contributed by atoms with Crippen molar-refractivity contribution in [2.24, 2.45) is 5.41 Å². The van der Waals surface area contributed by atoms with Crippen molar-refractivity contribution in [1.82, 2.24) is 10.3 Å². The fourth-order valence-electron chi connectivity index (χ4n) is 1.97. The first-order valence-electron chi connectivity index (χ1n) is 6.95. The summed E-state index contributed by atoms with van der Waals surface area (Å²) >= 11 is 0. The maximum atomic E-state index is 12.0. The predicted molar refractivity (Wildman–Crippen MR) is 78.9 cm³/mol. The zero-order chi connectivity index (χ0) is 14.3. The third-order valence-corrected chi connectivity index (χ3v) is 3.27. The van der Waals surface area contributed by atoms with Gasteiger partial charge in [0.15, 0.2) is 0 Å². The molecule has 0 saturated heterocycles. The van der Waals surface area contributed by atoms with Crippen molar-refractivity contribution in [3.8, 4) is 0 Å². The molecule has 0 bridgehead atoms. The minimum Gasteiger partial charge on any atom is -0.383 e. The van der Waals surface area contributed by atoms with E-state index in [1.807, 2.05) is 0 Å². The van der Waals surface area contributed by atoms with Gasteiger partial charge in [-0.3, -0.25) is 4.79 Å². The van der Waals surface area contributed by atoms with E-state index >= 15 is 0 Å². The quantitative estimate of drug-likeness (QED) is 0.743. The topological polar surface area (TPSA) is 68.0 Å². The Balaban J connectivity index is 2.47. The Hall–Kier alpha value is -1.58. The molecule has 0 aliphatic rings. The van der Waals surface area contributed by atoms with Crippen LogP contribution in [0.4, 0.5) is 5.82 Å². The molecule has 0 saturated carbocycles. The standard InChI is InChI=1S/C15H25N3O/c1-4-5-6-9-15(2,3)11-18-14(19)12-8-7-10-17-13(12)16/h7-8,10H,4-6,9,11H2,1-3H3,(H2,16,17)(H,18,19). The number of anilines is 1. The summed E-state index contributed by atoms with van der Waals surface area (Å²) in [6.45, 7) is 7.20. The second kappa shape index (κ2) is 7.12. The highest BCUT2D eigenvalue weighted by Gasteiger charge is 2.19. The third-order valence-electron chi connectivity index (χ3n) is 3.27. The van der Waals surface area contributed by atoms with Gasteiger partial charge in [0.1, 0.15) is 5.82 Å². The van der Waals surface area contributed by atoms with Gasteiger partial charge in [0.05, 0.1) is 5.56 Å². The highest BCUT2D eigenvalue weighted by Crippen LogP contribution is 2.22. The van der Waals surface area contributed by atoms with E-state index in [0.29, 0.717) is 12.1 Å². The lowest BCUT2D eigenvalue weighted by Crippen LogP contribution is -2.34. The molecule has 3 N–H and O–H groups in total. The van der Waals surface area contributed by atoms with Gasteiger partial charge in [0.2, 0.25) is 0 Å². The van der Waals surface area contributed by atoms with E-state index in [9.17, 15) is 4.79 Å². The van der Waals surface area contributed by atoms with Gasteiger partial charge in [-0.05, 0) is 24.0 Å². The number of hydrogen-bond acceptors (Lipinski definition) is 3. The summed E-state index contributed by atoms with van der Waals surface area (Å²) in [5.41, 5.74) is 6.25. The first-order valence-corrected chi connectivity index (χ1v) is 6.95. The van der Waals surface area contributed by atoms with E-state index in [-0.39, 0.29) is 17.1 Å². The van der Waals surface area contributed by atoms with E-state index in [1.54, 1.807) is 18.3 Å². The molecular formula is C15H25N3O. The number of nitrogens with zero attached hydrogens (tertiary/aromatic N) is 1. The fraction of sp³-hybridized carbons (Fsp3) is 0.600. The maximum Gasteiger partial charge on any atom is 0.255 e. The van der Waals surface area contributed by atoms with E-state index < -0.39 is 0 Å². The molecule has 4 heteroatoms. The van der Waals surface area contributed by atoms with Crippen molar-refractivity contribution >= 4 is 11.7 Å². The average molecular weight is 263 g/mol. The summed E-state index contributed by atoms with van der Waals surface area (Å²) in [5.74, 6) is 0.137. The predicted octanol–water partition coefficient (Wildman–Crippen LogP) is 3.00. The monoisotopic (exact) mass is 263 g/mol. The van der Waals surface area contributed by atoms with Crippen LogP contribution in [0, 0.1) is 5.41 Å². The number of nitrogens with two attached hydrogens (primary N) is 1. The highest BCUT2D eigenvalue weighted by atomic mass is 16.1. The molecule has 4 nitrogen and oxygen atoms in total. The van der Waals surface area contributed by atoms with Crippen LogP contribution in [0.3, 0.4) is 0 Å². The largest absolute Gasteiger partial charge is 0.383 e. The minimum atomic E-state index is -0.144. The number of carbonyl (C=O) groups excluding carboxylic acids is 1. The van der Waals surface area contributed by atoms with Crippen LogP contribution >= 0.6 is 0 Å². The van der Waals surface area contributed by atoms with Gasteiger partial charge in [-0.1, -0.05) is 40.0 Å². The smallest absolute Gasteiger partial charge is 0.255 e. The summed E-state index contributed by atoms with van der Waals surface area (Å²) < 4.78 is 0. The van der Waals surface area contributed by atoms with E-state index in [2.05, 4.69) is 31.1 Å². The molecule has 1 aromatic heterocycles. The molecule has 0 unspecified atom stereocenters. The van der Waals surface area contributed by atoms with Crippen LogP contribution in [0.5, 0.6) is 0 Å². The summed E-state index contributed by atoms with van der Waals surface area (Å²) in [6, 6.07) is 3.42. The molecule has 0 spiro atoms. The summed E-state index contributed by atoms with van der Waals surface area (Å²) in [6.07, 6.45) is 6.36. The van der Waals surface area contributed by atoms with Crippen molar-refractivity contribution in [3.63, 3.8) is 0 Å². The maximum absolute atomic E-state index is 12.0. The molecule has 0 aliphatic carbocycles. The van der Waals surface area contributed by atoms with Crippen molar-refractivity contribution in [2.45, 2.75) is 46.5 Å². The second-order valence-electron chi connectivity index (χ2n) is 5.74. The lowest BCUT2D eigenvalue weighted by Gasteiger charge is -2.25. The van der Waals surface area contributed by atoms with Gasteiger partial charge in [0, 0.05) is 12.7 Å². The molecule has 0 radical (unpaired) electrons. The van der Waals surface area contributed by atoms with Gasteiger partial charge in [-0.2, -0.15) is 0 Å². The van der Waals surface area contributed by atoms with Crippen LogP contribution < -0.4 is 11.1 Å². The Morgan fingerprint density at radius 2 is 2.16 bits per heavy atom. The highest BCUT2D eigenvalue weighted by molar-refractivity contribution is 5.98. The van der Waals surface area contributed by atoms with Crippen molar-refractivity contribution in [1.29, 1.82) is 0 Å². The van der Waals surface area contributed by atoms with Crippen LogP contribution in [-0.4, -0.2) is 17.4 Å². The third kappa shape index (κ3) is 5.28. The number of nitrogens with one attached hydrogen (secondary N) is 1. The summed E-state index contributed by atoms with van der Waals surface area (Å²) in [5, 5.41) is 2.95. The molecule has 19 heavy (non-hydrogen) atoms. The van der Waals surface area contributed by atoms with Gasteiger partial charge in [-0.15, -0.1) is 0 Å². The number of hydrogen-bond donors (Lipinski definition) is 2. The molecule has 106 valence electrons. The van der Waals surface area contributed by atoms with Crippen molar-refractivity contribution in [3.05, 3.63) is 23.9 Å². The number of rotatable bonds is 7. The number of unbranched alkanes of at least 4 members (excludes halogenated alkanes) is 2. The zero-order valence-electron chi connectivity index (χ0n) is 12.2. The number of carbonyl (C=O) groups is 1. The molecule has 1 amide bonds. The normalized spacial score (nSPS) is 11.3. The molecule has 0 fully saturated rings. The van der Waals surface area contributed by atoms with Crippen LogP contribution in [0.25, 0.3) is 0 Å². The fourth-order valence-corrected chi connectivity index (χ4v) is 1.97. The van der Waals surface area contributed by atoms with E-state index in [0.717, 1.165) is 6.42 Å². The van der Waals surface area contributed by atoms with Gasteiger partial charge >= 0.3 is 0 Å². The van der Waals surface area contributed by atoms with Gasteiger partial charge in [0.25, 0.3) is 5.91 Å². The lowest BCUT2D eigenvalue weighted by atomic mass is 9.87. The summed E-state index contributed by atoms with van der Waals surface area (Å²) in [4.78, 5) is 15.9. The minimum absolute atomic E-state index is 0.113. The molecular weight excluding hydrogens is 238 g/mol. The second-order valence-corrected chi connectivity index (χ2v) is 5.74. The summed E-state index contributed by atoms with van der Waals surface area (Å²) in [7, 11) is 0. The molecule has 0 atom stereocenters. The Kier molecular flexibility index (Phi) is 5.80. The van der Waals surface area contributed by atoms with Gasteiger partial charge in [-0.25, -0.2) is 4.98 Å². The van der Waals surface area contributed by atoms with Crippen LogP contribution in [0.15, 0.2) is 18.3 Å². The van der Waals surface area contributed by atoms with E-state index in [4.69, 9.17) is 5.73 Å². The number of amides is 1. The SMILES string of the molecule is CCCCCC(C)(C)CNC(=O)c1cccnc1N. The first-order chi connectivity index (χ1) is 8.96. The number of nitrogen functional groups attached to an aromatic ring is 1. The Labute approximate surface area is 115 Å². The van der Waals surface area contributed by atoms with Crippen molar-refractivity contribution < 1.29 is 4.79 Å². The van der Waals surface area contributed by atoms with Gasteiger partial charge < -0.3 is 11.1 Å². The van der Waals surface area contributed by atoms with E-state index in [1.165, 1.54) is 19.3 Å². The molecule has 1 aromatic rings.